The third-order valence-electron chi connectivity index (χ3n) is 6.00. The smallest absolute Gasteiger partial charge is 0.163 e. The topological polar surface area (TPSA) is 61.8 Å². The van der Waals surface area contributed by atoms with Crippen molar-refractivity contribution in [2.24, 2.45) is 0 Å². The molecule has 4 rings (SSSR count). The number of ketones is 2. The van der Waals surface area contributed by atoms with Crippen LogP contribution in [0.3, 0.4) is 0 Å². The van der Waals surface area contributed by atoms with Gasteiger partial charge in [-0.2, -0.15) is 0 Å². The van der Waals surface area contributed by atoms with E-state index in [1.807, 2.05) is 25.1 Å². The highest BCUT2D eigenvalue weighted by atomic mass is 16.5. The van der Waals surface area contributed by atoms with Crippen molar-refractivity contribution in [1.29, 1.82) is 0 Å². The molecular weight excluding hydrogens is 380 g/mol. The van der Waals surface area contributed by atoms with Crippen molar-refractivity contribution in [2.75, 3.05) is 13.2 Å². The van der Waals surface area contributed by atoms with Crippen LogP contribution >= 0.6 is 0 Å². The minimum atomic E-state index is -0.367. The Kier molecular flexibility index (Phi) is 6.26. The lowest BCUT2D eigenvalue weighted by Crippen LogP contribution is -2.30. The number of carbonyl (C=O) groups excluding carboxylic acids is 2. The molecule has 1 aromatic carbocycles. The standard InChI is InChI=1S/C25H30O5/c1-3-5-14-29-19-13-12-16(15-22(19)28-4-2)23-24-17(26)8-6-10-20(24)30-21-11-7-9-18(27)25(21)23/h12-13,15,23H,3-11,14H2,1-2H3. The summed E-state index contributed by atoms with van der Waals surface area (Å²) in [5.41, 5.74) is 2.23. The molecule has 0 atom stereocenters. The maximum atomic E-state index is 12.9. The van der Waals surface area contributed by atoms with E-state index >= 15 is 0 Å². The summed E-state index contributed by atoms with van der Waals surface area (Å²) in [5.74, 6) is 2.69. The van der Waals surface area contributed by atoms with E-state index in [2.05, 4.69) is 6.92 Å². The molecule has 0 radical (unpaired) electrons. The second kappa shape index (κ2) is 9.07. The van der Waals surface area contributed by atoms with Gasteiger partial charge in [0, 0.05) is 42.7 Å². The molecule has 0 saturated carbocycles. The van der Waals surface area contributed by atoms with Gasteiger partial charge in [-0.15, -0.1) is 0 Å². The van der Waals surface area contributed by atoms with E-state index in [1.165, 1.54) is 0 Å². The van der Waals surface area contributed by atoms with E-state index < -0.39 is 0 Å². The lowest BCUT2D eigenvalue weighted by molar-refractivity contribution is -0.117. The van der Waals surface area contributed by atoms with Crippen LogP contribution in [0, 0.1) is 0 Å². The van der Waals surface area contributed by atoms with Gasteiger partial charge in [0.15, 0.2) is 23.1 Å². The van der Waals surface area contributed by atoms with Crippen molar-refractivity contribution >= 4 is 11.6 Å². The number of hydrogen-bond donors (Lipinski definition) is 0. The summed E-state index contributed by atoms with van der Waals surface area (Å²) in [4.78, 5) is 25.8. The molecule has 3 aliphatic rings. The Balaban J connectivity index is 1.78. The number of benzene rings is 1. The number of ether oxygens (including phenoxy) is 3. The first-order valence-corrected chi connectivity index (χ1v) is 11.2. The molecule has 1 heterocycles. The van der Waals surface area contributed by atoms with Crippen molar-refractivity contribution < 1.29 is 23.8 Å². The molecule has 0 fully saturated rings. The van der Waals surface area contributed by atoms with Gasteiger partial charge < -0.3 is 14.2 Å². The molecule has 0 N–H and O–H groups in total. The van der Waals surface area contributed by atoms with E-state index in [0.29, 0.717) is 48.7 Å². The van der Waals surface area contributed by atoms with E-state index in [0.717, 1.165) is 55.6 Å². The molecule has 0 amide bonds. The minimum absolute atomic E-state index is 0.0902. The molecule has 0 bridgehead atoms. The zero-order chi connectivity index (χ0) is 21.1. The Bertz CT molecular complexity index is 866. The maximum absolute atomic E-state index is 12.9. The Hall–Kier alpha value is -2.56. The molecule has 1 aromatic rings. The second-order valence-corrected chi connectivity index (χ2v) is 8.10. The lowest BCUT2D eigenvalue weighted by Gasteiger charge is -2.36. The number of rotatable bonds is 7. The largest absolute Gasteiger partial charge is 0.490 e. The number of Topliss-reactive ketones (excluding diaryl/α,β-unsaturated/α-hetero) is 2. The zero-order valence-corrected chi connectivity index (χ0v) is 17.9. The predicted molar refractivity (Wildman–Crippen MR) is 114 cm³/mol. The van der Waals surface area contributed by atoms with Crippen molar-refractivity contribution in [2.45, 2.75) is 71.1 Å². The lowest BCUT2D eigenvalue weighted by atomic mass is 9.73. The summed E-state index contributed by atoms with van der Waals surface area (Å²) < 4.78 is 17.9. The predicted octanol–water partition coefficient (Wildman–Crippen LogP) is 5.39. The van der Waals surface area contributed by atoms with Crippen LogP contribution in [0.5, 0.6) is 11.5 Å². The maximum Gasteiger partial charge on any atom is 0.163 e. The summed E-state index contributed by atoms with van der Waals surface area (Å²) in [7, 11) is 0. The van der Waals surface area contributed by atoms with Gasteiger partial charge in [0.05, 0.1) is 13.2 Å². The van der Waals surface area contributed by atoms with Crippen LogP contribution in [0.2, 0.25) is 0 Å². The van der Waals surface area contributed by atoms with Crippen molar-refractivity contribution in [1.82, 2.24) is 0 Å². The van der Waals surface area contributed by atoms with Gasteiger partial charge in [-0.1, -0.05) is 19.4 Å². The quantitative estimate of drug-likeness (QED) is 0.564. The van der Waals surface area contributed by atoms with Crippen molar-refractivity contribution in [3.8, 4) is 11.5 Å². The first-order chi connectivity index (χ1) is 14.6. The molecule has 0 spiro atoms. The summed E-state index contributed by atoms with van der Waals surface area (Å²) in [5, 5.41) is 0. The first kappa shape index (κ1) is 20.7. The Morgan fingerprint density at radius 2 is 1.57 bits per heavy atom. The highest BCUT2D eigenvalue weighted by molar-refractivity contribution is 6.05. The number of unbranched alkanes of at least 4 members (excludes halogenated alkanes) is 1. The van der Waals surface area contributed by atoms with Gasteiger partial charge in [-0.05, 0) is 43.9 Å². The van der Waals surface area contributed by atoms with Crippen LogP contribution in [-0.4, -0.2) is 24.8 Å². The third kappa shape index (κ3) is 3.90. The highest BCUT2D eigenvalue weighted by Gasteiger charge is 2.41. The molecule has 0 saturated heterocycles. The molecule has 5 nitrogen and oxygen atoms in total. The van der Waals surface area contributed by atoms with Crippen LogP contribution in [0.1, 0.15) is 76.7 Å². The zero-order valence-electron chi connectivity index (χ0n) is 17.9. The van der Waals surface area contributed by atoms with Crippen molar-refractivity contribution in [3.05, 3.63) is 46.4 Å². The molecule has 2 aliphatic carbocycles. The highest BCUT2D eigenvalue weighted by Crippen LogP contribution is 2.48. The second-order valence-electron chi connectivity index (χ2n) is 8.10. The number of hydrogen-bond acceptors (Lipinski definition) is 5. The van der Waals surface area contributed by atoms with Crippen LogP contribution in [0.15, 0.2) is 40.9 Å². The Labute approximate surface area is 178 Å². The molecular formula is C25H30O5. The Morgan fingerprint density at radius 3 is 2.17 bits per heavy atom. The molecule has 1 aliphatic heterocycles. The average Bonchev–Trinajstić information content (AvgIpc) is 2.74. The normalized spacial score (nSPS) is 19.4. The fourth-order valence-corrected chi connectivity index (χ4v) is 4.57. The van der Waals surface area contributed by atoms with Gasteiger partial charge in [0.25, 0.3) is 0 Å². The average molecular weight is 411 g/mol. The van der Waals surface area contributed by atoms with E-state index in [-0.39, 0.29) is 17.5 Å². The van der Waals surface area contributed by atoms with Gasteiger partial charge in [0.1, 0.15) is 11.5 Å². The van der Waals surface area contributed by atoms with Crippen LogP contribution in [0.4, 0.5) is 0 Å². The third-order valence-corrected chi connectivity index (χ3v) is 6.00. The molecule has 0 unspecified atom stereocenters. The van der Waals surface area contributed by atoms with Crippen LogP contribution in [0.25, 0.3) is 0 Å². The van der Waals surface area contributed by atoms with Gasteiger partial charge in [0.2, 0.25) is 0 Å². The van der Waals surface area contributed by atoms with Crippen LogP contribution in [-0.2, 0) is 14.3 Å². The Morgan fingerprint density at radius 1 is 0.900 bits per heavy atom. The summed E-state index contributed by atoms with van der Waals surface area (Å²) in [6, 6.07) is 5.82. The summed E-state index contributed by atoms with van der Waals surface area (Å²) in [6.45, 7) is 5.21. The molecule has 160 valence electrons. The van der Waals surface area contributed by atoms with Gasteiger partial charge >= 0.3 is 0 Å². The molecule has 5 heteroatoms. The van der Waals surface area contributed by atoms with E-state index in [1.54, 1.807) is 0 Å². The van der Waals surface area contributed by atoms with Gasteiger partial charge in [-0.25, -0.2) is 0 Å². The fraction of sp³-hybridized carbons (Fsp3) is 0.520. The molecule has 0 aromatic heterocycles. The number of allylic oxidation sites excluding steroid dienone is 4. The minimum Gasteiger partial charge on any atom is -0.490 e. The van der Waals surface area contributed by atoms with Gasteiger partial charge in [-0.3, -0.25) is 9.59 Å². The van der Waals surface area contributed by atoms with E-state index in [4.69, 9.17) is 14.2 Å². The summed E-state index contributed by atoms with van der Waals surface area (Å²) in [6.07, 6.45) is 6.14. The fourth-order valence-electron chi connectivity index (χ4n) is 4.57. The summed E-state index contributed by atoms with van der Waals surface area (Å²) >= 11 is 0. The monoisotopic (exact) mass is 410 g/mol. The van der Waals surface area contributed by atoms with E-state index in [9.17, 15) is 9.59 Å². The SMILES string of the molecule is CCCCOc1ccc(C2C3=C(CCCC3=O)OC3=C2C(=O)CCC3)cc1OCC. The van der Waals surface area contributed by atoms with Crippen LogP contribution < -0.4 is 9.47 Å². The van der Waals surface area contributed by atoms with Crippen molar-refractivity contribution in [3.63, 3.8) is 0 Å². The molecule has 30 heavy (non-hydrogen) atoms. The first-order valence-electron chi connectivity index (χ1n) is 11.2. The number of carbonyl (C=O) groups is 2.